The van der Waals surface area contributed by atoms with Crippen LogP contribution in [0.25, 0.3) is 6.08 Å². The van der Waals surface area contributed by atoms with Crippen LogP contribution in [0.1, 0.15) is 18.1 Å². The van der Waals surface area contributed by atoms with Crippen molar-refractivity contribution in [3.63, 3.8) is 0 Å². The number of nitrogens with one attached hydrogen (secondary N) is 1. The number of hydrogen-bond acceptors (Lipinski definition) is 5. The van der Waals surface area contributed by atoms with Crippen molar-refractivity contribution in [3.8, 4) is 11.8 Å². The number of esters is 1. The van der Waals surface area contributed by atoms with Crippen LogP contribution in [0.3, 0.4) is 0 Å². The molecule has 8 heteroatoms. The molecule has 0 aromatic heterocycles. The predicted octanol–water partition coefficient (Wildman–Crippen LogP) is 3.74. The van der Waals surface area contributed by atoms with Crippen molar-refractivity contribution in [3.05, 3.63) is 65.7 Å². The zero-order valence-corrected chi connectivity index (χ0v) is 14.8. The van der Waals surface area contributed by atoms with Gasteiger partial charge in [0.15, 0.2) is 6.10 Å². The van der Waals surface area contributed by atoms with E-state index >= 15 is 0 Å². The van der Waals surface area contributed by atoms with Crippen molar-refractivity contribution >= 4 is 23.6 Å². The molecule has 28 heavy (non-hydrogen) atoms. The molecule has 0 saturated heterocycles. The Morgan fingerprint density at radius 3 is 2.46 bits per heavy atom. The molecule has 2 aromatic rings. The fourth-order valence-corrected chi connectivity index (χ4v) is 2.10. The minimum absolute atomic E-state index is 0.0313. The zero-order valence-electron chi connectivity index (χ0n) is 14.8. The molecule has 6 nitrogen and oxygen atoms in total. The van der Waals surface area contributed by atoms with Crippen molar-refractivity contribution in [1.82, 2.24) is 0 Å². The highest BCUT2D eigenvalue weighted by Gasteiger charge is 2.19. The van der Waals surface area contributed by atoms with Gasteiger partial charge >= 0.3 is 12.6 Å². The average Bonchev–Trinajstić information content (AvgIpc) is 2.67. The van der Waals surface area contributed by atoms with Gasteiger partial charge in [0, 0.05) is 6.08 Å². The van der Waals surface area contributed by atoms with E-state index in [1.165, 1.54) is 37.3 Å². The van der Waals surface area contributed by atoms with Crippen molar-refractivity contribution in [1.29, 1.82) is 5.26 Å². The summed E-state index contributed by atoms with van der Waals surface area (Å²) < 4.78 is 34.1. The van der Waals surface area contributed by atoms with Crippen LogP contribution in [0.15, 0.2) is 54.6 Å². The van der Waals surface area contributed by atoms with Crippen LogP contribution >= 0.6 is 0 Å². The average molecular weight is 386 g/mol. The van der Waals surface area contributed by atoms with Crippen LogP contribution in [-0.2, 0) is 14.3 Å². The molecule has 1 N–H and O–H groups in total. The van der Waals surface area contributed by atoms with E-state index in [0.29, 0.717) is 11.1 Å². The number of halogens is 2. The molecule has 0 radical (unpaired) electrons. The Bertz CT molecular complexity index is 905. The van der Waals surface area contributed by atoms with E-state index < -0.39 is 24.6 Å². The molecule has 0 unspecified atom stereocenters. The highest BCUT2D eigenvalue weighted by molar-refractivity contribution is 5.97. The first-order valence-electron chi connectivity index (χ1n) is 8.12. The summed E-state index contributed by atoms with van der Waals surface area (Å²) in [5.41, 5.74) is 1.19. The SMILES string of the molecule is C[C@@H](OC(=O)/C=C/c1ccc(C#N)cc1)C(=O)Nc1ccccc1OC(F)F. The van der Waals surface area contributed by atoms with E-state index in [-0.39, 0.29) is 11.4 Å². The Kier molecular flexibility index (Phi) is 7.22. The van der Waals surface area contributed by atoms with Crippen LogP contribution in [0.5, 0.6) is 5.75 Å². The van der Waals surface area contributed by atoms with Crippen LogP contribution in [0.4, 0.5) is 14.5 Å². The van der Waals surface area contributed by atoms with Crippen LogP contribution in [0.2, 0.25) is 0 Å². The lowest BCUT2D eigenvalue weighted by atomic mass is 10.1. The molecule has 0 aliphatic rings. The zero-order chi connectivity index (χ0) is 20.5. The summed E-state index contributed by atoms with van der Waals surface area (Å²) in [4.78, 5) is 24.0. The highest BCUT2D eigenvalue weighted by atomic mass is 19.3. The topological polar surface area (TPSA) is 88.4 Å². The predicted molar refractivity (Wildman–Crippen MR) is 97.4 cm³/mol. The number of carbonyl (C=O) groups excluding carboxylic acids is 2. The normalized spacial score (nSPS) is 11.7. The number of nitriles is 1. The molecule has 0 aliphatic heterocycles. The summed E-state index contributed by atoms with van der Waals surface area (Å²) in [7, 11) is 0. The lowest BCUT2D eigenvalue weighted by Crippen LogP contribution is -2.29. The van der Waals surface area contributed by atoms with E-state index in [9.17, 15) is 18.4 Å². The highest BCUT2D eigenvalue weighted by Crippen LogP contribution is 2.25. The Morgan fingerprint density at radius 2 is 1.82 bits per heavy atom. The summed E-state index contributed by atoms with van der Waals surface area (Å²) >= 11 is 0. The van der Waals surface area contributed by atoms with E-state index in [1.807, 2.05) is 6.07 Å². The first kappa shape index (κ1) is 20.6. The molecule has 0 fully saturated rings. The van der Waals surface area contributed by atoms with Crippen LogP contribution in [-0.4, -0.2) is 24.6 Å². The molecule has 144 valence electrons. The number of carbonyl (C=O) groups is 2. The third-order valence-electron chi connectivity index (χ3n) is 3.47. The first-order valence-corrected chi connectivity index (χ1v) is 8.12. The molecular weight excluding hydrogens is 370 g/mol. The summed E-state index contributed by atoms with van der Waals surface area (Å²) in [6.07, 6.45) is 1.44. The molecule has 1 atom stereocenters. The molecule has 2 rings (SSSR count). The van der Waals surface area contributed by atoms with Gasteiger partial charge in [-0.1, -0.05) is 24.3 Å². The summed E-state index contributed by atoms with van der Waals surface area (Å²) in [6, 6.07) is 14.1. The summed E-state index contributed by atoms with van der Waals surface area (Å²) in [5, 5.41) is 11.1. The number of benzene rings is 2. The smallest absolute Gasteiger partial charge is 0.387 e. The Morgan fingerprint density at radius 1 is 1.14 bits per heavy atom. The van der Waals surface area contributed by atoms with Crippen LogP contribution < -0.4 is 10.1 Å². The molecule has 2 aromatic carbocycles. The number of alkyl halides is 2. The van der Waals surface area contributed by atoms with Gasteiger partial charge in [0.1, 0.15) is 5.75 Å². The second-order valence-electron chi connectivity index (χ2n) is 5.51. The van der Waals surface area contributed by atoms with Gasteiger partial charge in [-0.3, -0.25) is 4.79 Å². The van der Waals surface area contributed by atoms with E-state index in [0.717, 1.165) is 6.08 Å². The number of nitrogens with zero attached hydrogens (tertiary/aromatic N) is 1. The van der Waals surface area contributed by atoms with Crippen molar-refractivity contribution in [2.24, 2.45) is 0 Å². The van der Waals surface area contributed by atoms with Gasteiger partial charge in [-0.15, -0.1) is 0 Å². The molecular formula is C20H16F2N2O4. The number of rotatable bonds is 7. The van der Waals surface area contributed by atoms with Crippen molar-refractivity contribution < 1.29 is 27.8 Å². The quantitative estimate of drug-likeness (QED) is 0.578. The maximum absolute atomic E-state index is 12.4. The first-order chi connectivity index (χ1) is 13.4. The fourth-order valence-electron chi connectivity index (χ4n) is 2.10. The molecule has 0 bridgehead atoms. The number of anilines is 1. The third-order valence-corrected chi connectivity index (χ3v) is 3.47. The Hall–Kier alpha value is -3.73. The second-order valence-corrected chi connectivity index (χ2v) is 5.51. The van der Waals surface area contributed by atoms with Gasteiger partial charge in [0.25, 0.3) is 5.91 Å². The lowest BCUT2D eigenvalue weighted by molar-refractivity contribution is -0.148. The van der Waals surface area contributed by atoms with Gasteiger partial charge < -0.3 is 14.8 Å². The molecule has 0 heterocycles. The van der Waals surface area contributed by atoms with Crippen molar-refractivity contribution in [2.45, 2.75) is 19.6 Å². The summed E-state index contributed by atoms with van der Waals surface area (Å²) in [5.74, 6) is -1.67. The van der Waals surface area contributed by atoms with Gasteiger partial charge in [-0.2, -0.15) is 14.0 Å². The number of ether oxygens (including phenoxy) is 2. The van der Waals surface area contributed by atoms with E-state index in [2.05, 4.69) is 10.1 Å². The summed E-state index contributed by atoms with van der Waals surface area (Å²) in [6.45, 7) is -1.69. The monoisotopic (exact) mass is 386 g/mol. The van der Waals surface area contributed by atoms with Crippen LogP contribution in [0, 0.1) is 11.3 Å². The maximum atomic E-state index is 12.4. The minimum Gasteiger partial charge on any atom is -0.449 e. The molecule has 0 saturated carbocycles. The van der Waals surface area contributed by atoms with E-state index in [4.69, 9.17) is 10.00 Å². The standard InChI is InChI=1S/C20H16F2N2O4/c1-13(19(26)24-16-4-2-3-5-17(16)28-20(21)22)27-18(25)11-10-14-6-8-15(12-23)9-7-14/h2-11,13,20H,1H3,(H,24,26)/b11-10+/t13-/m1/s1. The third kappa shape index (κ3) is 6.21. The number of amides is 1. The second kappa shape index (κ2) is 9.83. The van der Waals surface area contributed by atoms with Gasteiger partial charge in [0.05, 0.1) is 17.3 Å². The van der Waals surface area contributed by atoms with Gasteiger partial charge in [0.2, 0.25) is 0 Å². The van der Waals surface area contributed by atoms with E-state index in [1.54, 1.807) is 24.3 Å². The Labute approximate surface area is 160 Å². The maximum Gasteiger partial charge on any atom is 0.387 e. The largest absolute Gasteiger partial charge is 0.449 e. The number of hydrogen-bond donors (Lipinski definition) is 1. The van der Waals surface area contributed by atoms with Gasteiger partial charge in [-0.25, -0.2) is 4.79 Å². The molecule has 0 spiro atoms. The van der Waals surface area contributed by atoms with Gasteiger partial charge in [-0.05, 0) is 42.8 Å². The molecule has 1 amide bonds. The molecule has 0 aliphatic carbocycles. The fraction of sp³-hybridized carbons (Fsp3) is 0.150. The lowest BCUT2D eigenvalue weighted by Gasteiger charge is -2.15. The number of para-hydroxylation sites is 2. The Balaban J connectivity index is 1.93. The van der Waals surface area contributed by atoms with Crippen molar-refractivity contribution in [2.75, 3.05) is 5.32 Å². The minimum atomic E-state index is -3.04.